The quantitative estimate of drug-likeness (QED) is 0.188. The Morgan fingerprint density at radius 2 is 2.21 bits per heavy atom. The van der Waals surface area contributed by atoms with Crippen molar-refractivity contribution >= 4 is 47.4 Å². The van der Waals surface area contributed by atoms with Gasteiger partial charge >= 0.3 is 0 Å². The van der Waals surface area contributed by atoms with Gasteiger partial charge in [-0.05, 0) is 31.9 Å². The molecule has 0 spiro atoms. The van der Waals surface area contributed by atoms with Crippen LogP contribution in [-0.4, -0.2) is 53.7 Å². The Morgan fingerprint density at radius 1 is 1.38 bits per heavy atom. The van der Waals surface area contributed by atoms with Crippen LogP contribution in [0.2, 0.25) is 0 Å². The van der Waals surface area contributed by atoms with Gasteiger partial charge in [-0.2, -0.15) is 5.10 Å². The van der Waals surface area contributed by atoms with Crippen LogP contribution < -0.4 is 15.5 Å². The van der Waals surface area contributed by atoms with Crippen LogP contribution in [0, 0.1) is 5.82 Å². The van der Waals surface area contributed by atoms with Gasteiger partial charge in [0, 0.05) is 49.6 Å². The van der Waals surface area contributed by atoms with Crippen molar-refractivity contribution in [2.75, 3.05) is 36.8 Å². The van der Waals surface area contributed by atoms with Crippen LogP contribution in [0.15, 0.2) is 46.5 Å². The fourth-order valence-electron chi connectivity index (χ4n) is 3.29. The van der Waals surface area contributed by atoms with Crippen molar-refractivity contribution in [1.82, 2.24) is 20.4 Å². The number of benzene rings is 1. The summed E-state index contributed by atoms with van der Waals surface area (Å²) >= 11 is 1.50. The number of aromatic nitrogens is 2. The van der Waals surface area contributed by atoms with Gasteiger partial charge in [0.15, 0.2) is 5.96 Å². The lowest BCUT2D eigenvalue weighted by molar-refractivity contribution is 0.468. The first-order valence-electron chi connectivity index (χ1n) is 9.81. The fourth-order valence-corrected chi connectivity index (χ4v) is 4.07. The Kier molecular flexibility index (Phi) is 10.1. The molecule has 9 heteroatoms. The van der Waals surface area contributed by atoms with E-state index in [0.29, 0.717) is 17.5 Å². The third kappa shape index (κ3) is 7.36. The van der Waals surface area contributed by atoms with Gasteiger partial charge in [0.05, 0.1) is 18.4 Å². The molecule has 0 radical (unpaired) electrons. The molecule has 0 aliphatic carbocycles. The van der Waals surface area contributed by atoms with Gasteiger partial charge in [0.25, 0.3) is 0 Å². The third-order valence-corrected chi connectivity index (χ3v) is 5.65. The molecule has 2 heterocycles. The van der Waals surface area contributed by atoms with E-state index in [1.54, 1.807) is 6.07 Å². The molecule has 6 nitrogen and oxygen atoms in total. The summed E-state index contributed by atoms with van der Waals surface area (Å²) in [6, 6.07) is 7.21. The highest BCUT2D eigenvalue weighted by Crippen LogP contribution is 2.21. The summed E-state index contributed by atoms with van der Waals surface area (Å²) in [4.78, 5) is 7.71. The predicted molar refractivity (Wildman–Crippen MR) is 130 cm³/mol. The lowest BCUT2D eigenvalue weighted by Crippen LogP contribution is -2.51. The van der Waals surface area contributed by atoms with E-state index in [9.17, 15) is 4.39 Å². The summed E-state index contributed by atoms with van der Waals surface area (Å²) < 4.78 is 15.5. The lowest BCUT2D eigenvalue weighted by atomic mass is 10.1. The average Bonchev–Trinajstić information content (AvgIpc) is 3.13. The molecule has 0 saturated carbocycles. The summed E-state index contributed by atoms with van der Waals surface area (Å²) in [5, 5.41) is 11.2. The molecular formula is C20H30FIN6S. The Bertz CT molecular complexity index is 784. The smallest absolute Gasteiger partial charge is 0.191 e. The van der Waals surface area contributed by atoms with Crippen LogP contribution in [0.4, 0.5) is 10.1 Å². The molecule has 3 rings (SSSR count). The molecule has 0 bridgehead atoms. The molecule has 1 atom stereocenters. The molecule has 1 aromatic carbocycles. The van der Waals surface area contributed by atoms with Crippen molar-refractivity contribution in [2.24, 2.45) is 12.0 Å². The number of aliphatic imine (C=N–C) groups is 1. The summed E-state index contributed by atoms with van der Waals surface area (Å²) in [7, 11) is 1.94. The number of piperidine rings is 1. The summed E-state index contributed by atoms with van der Waals surface area (Å²) in [5.41, 5.74) is 1.16. The third-order valence-electron chi connectivity index (χ3n) is 4.62. The zero-order valence-electron chi connectivity index (χ0n) is 17.0. The van der Waals surface area contributed by atoms with Crippen molar-refractivity contribution in [3.8, 4) is 0 Å². The van der Waals surface area contributed by atoms with E-state index < -0.39 is 0 Å². The molecule has 2 aromatic rings. The van der Waals surface area contributed by atoms with Crippen LogP contribution in [0.5, 0.6) is 0 Å². The minimum atomic E-state index is -0.167. The lowest BCUT2D eigenvalue weighted by Gasteiger charge is -2.34. The normalized spacial score (nSPS) is 17.0. The van der Waals surface area contributed by atoms with Crippen molar-refractivity contribution < 1.29 is 4.39 Å². The van der Waals surface area contributed by atoms with Crippen molar-refractivity contribution in [3.05, 3.63) is 42.5 Å². The number of rotatable bonds is 7. The second-order valence-corrected chi connectivity index (χ2v) is 7.98. The maximum atomic E-state index is 13.7. The predicted octanol–water partition coefficient (Wildman–Crippen LogP) is 3.49. The second kappa shape index (κ2) is 12.3. The van der Waals surface area contributed by atoms with E-state index in [1.807, 2.05) is 30.1 Å². The average molecular weight is 532 g/mol. The Balaban J connectivity index is 0.00000300. The molecule has 2 N–H and O–H groups in total. The Morgan fingerprint density at radius 3 is 2.93 bits per heavy atom. The number of halogens is 2. The number of guanidine groups is 1. The van der Waals surface area contributed by atoms with Gasteiger partial charge in [0.2, 0.25) is 0 Å². The van der Waals surface area contributed by atoms with Gasteiger partial charge < -0.3 is 15.5 Å². The molecule has 160 valence electrons. The van der Waals surface area contributed by atoms with Crippen molar-refractivity contribution in [1.29, 1.82) is 0 Å². The van der Waals surface area contributed by atoms with E-state index in [4.69, 9.17) is 0 Å². The molecule has 29 heavy (non-hydrogen) atoms. The van der Waals surface area contributed by atoms with E-state index in [1.165, 1.54) is 17.8 Å². The topological polar surface area (TPSA) is 57.5 Å². The van der Waals surface area contributed by atoms with Crippen molar-refractivity contribution in [2.45, 2.75) is 30.7 Å². The number of aryl methyl sites for hydroxylation is 1. The molecule has 1 aromatic heterocycles. The van der Waals surface area contributed by atoms with E-state index in [0.717, 1.165) is 49.9 Å². The van der Waals surface area contributed by atoms with Gasteiger partial charge in [-0.3, -0.25) is 9.67 Å². The second-order valence-electron chi connectivity index (χ2n) is 6.84. The molecular weight excluding hydrogens is 502 g/mol. The SMILES string of the molecule is CCNC(=NCCSc1ccccc1F)NC1CCCN(c2cnn(C)c2)C1.I. The van der Waals surface area contributed by atoms with Crippen LogP contribution in [0.1, 0.15) is 19.8 Å². The number of hydrogen-bond donors (Lipinski definition) is 2. The largest absolute Gasteiger partial charge is 0.367 e. The molecule has 1 aliphatic heterocycles. The summed E-state index contributed by atoms with van der Waals surface area (Å²) in [6.45, 7) is 5.49. The Hall–Kier alpha value is -1.49. The monoisotopic (exact) mass is 532 g/mol. The number of nitrogens with zero attached hydrogens (tertiary/aromatic N) is 4. The van der Waals surface area contributed by atoms with Crippen LogP contribution in [0.3, 0.4) is 0 Å². The molecule has 0 amide bonds. The Labute approximate surface area is 193 Å². The number of nitrogens with one attached hydrogen (secondary N) is 2. The summed E-state index contributed by atoms with van der Waals surface area (Å²) in [5.74, 6) is 1.40. The molecule has 1 unspecified atom stereocenters. The standard InChI is InChI=1S/C20H29FN6S.HI/c1-3-22-20(23-10-12-28-19-9-5-4-8-18(19)21)25-16-7-6-11-27(14-16)17-13-24-26(2)15-17;/h4-5,8-9,13,15-16H,3,6-7,10-12,14H2,1-2H3,(H2,22,23,25);1H. The molecule has 1 saturated heterocycles. The van der Waals surface area contributed by atoms with E-state index in [2.05, 4.69) is 38.7 Å². The maximum absolute atomic E-state index is 13.7. The van der Waals surface area contributed by atoms with Crippen LogP contribution in [-0.2, 0) is 7.05 Å². The minimum absolute atomic E-state index is 0. The summed E-state index contributed by atoms with van der Waals surface area (Å²) in [6.07, 6.45) is 6.23. The van der Waals surface area contributed by atoms with Crippen LogP contribution >= 0.6 is 35.7 Å². The van der Waals surface area contributed by atoms with Gasteiger partial charge in [-0.25, -0.2) is 4.39 Å². The highest BCUT2D eigenvalue weighted by molar-refractivity contribution is 14.0. The zero-order valence-corrected chi connectivity index (χ0v) is 20.1. The first kappa shape index (κ1) is 23.8. The van der Waals surface area contributed by atoms with E-state index >= 15 is 0 Å². The van der Waals surface area contributed by atoms with E-state index in [-0.39, 0.29) is 29.8 Å². The first-order valence-corrected chi connectivity index (χ1v) is 10.8. The molecule has 1 fully saturated rings. The van der Waals surface area contributed by atoms with Crippen molar-refractivity contribution in [3.63, 3.8) is 0 Å². The minimum Gasteiger partial charge on any atom is -0.367 e. The first-order chi connectivity index (χ1) is 13.7. The van der Waals surface area contributed by atoms with Gasteiger partial charge in [-0.1, -0.05) is 12.1 Å². The highest BCUT2D eigenvalue weighted by Gasteiger charge is 2.21. The molecule has 1 aliphatic rings. The van der Waals surface area contributed by atoms with Gasteiger partial charge in [0.1, 0.15) is 5.82 Å². The maximum Gasteiger partial charge on any atom is 0.191 e. The van der Waals surface area contributed by atoms with Gasteiger partial charge in [-0.15, -0.1) is 35.7 Å². The number of anilines is 1. The fraction of sp³-hybridized carbons (Fsp3) is 0.500. The number of thioether (sulfide) groups is 1. The number of hydrogen-bond acceptors (Lipinski definition) is 4. The van der Waals surface area contributed by atoms with Crippen LogP contribution in [0.25, 0.3) is 0 Å². The zero-order chi connectivity index (χ0) is 19.8. The highest BCUT2D eigenvalue weighted by atomic mass is 127.